The van der Waals surface area contributed by atoms with Gasteiger partial charge in [0.25, 0.3) is 0 Å². The molecule has 3 N–H and O–H groups in total. The summed E-state index contributed by atoms with van der Waals surface area (Å²) in [5.41, 5.74) is -0.434. The normalized spacial score (nSPS) is 12.1. The lowest BCUT2D eigenvalue weighted by Gasteiger charge is -2.18. The number of halogens is 6. The Kier molecular flexibility index (Phi) is 4.73. The van der Waals surface area contributed by atoms with Crippen LogP contribution in [0.2, 0.25) is 0 Å². The highest BCUT2D eigenvalue weighted by Crippen LogP contribution is 2.39. The maximum Gasteiger partial charge on any atom is 0.416 e. The molecule has 0 bridgehead atoms. The van der Waals surface area contributed by atoms with Gasteiger partial charge in [-0.05, 0) is 17.7 Å². The summed E-state index contributed by atoms with van der Waals surface area (Å²) in [6.45, 7) is 0. The number of primary amides is 1. The second-order valence-corrected chi connectivity index (χ2v) is 4.26. The number of hydrogen-bond donors (Lipinski definition) is 2. The molecule has 0 atom stereocenters. The van der Waals surface area contributed by atoms with Crippen LogP contribution in [0.25, 0.3) is 0 Å². The standard InChI is InChI=1S/C12H10F6N2O2/c1-20-9(21)4-6-7(10(19)22)2-5(11(13,14)15)3-8(6)12(16,17)18/h2-3H,4H2,1H3,(H2,19,22)(H,20,21). The molecule has 1 aromatic rings. The molecule has 122 valence electrons. The van der Waals surface area contributed by atoms with Gasteiger partial charge in [0, 0.05) is 12.6 Å². The van der Waals surface area contributed by atoms with Crippen molar-refractivity contribution in [3.8, 4) is 0 Å². The Hall–Kier alpha value is -2.26. The van der Waals surface area contributed by atoms with E-state index in [2.05, 4.69) is 0 Å². The lowest BCUT2D eigenvalue weighted by atomic mass is 9.93. The van der Waals surface area contributed by atoms with E-state index in [0.717, 1.165) is 7.05 Å². The summed E-state index contributed by atoms with van der Waals surface area (Å²) in [4.78, 5) is 22.5. The SMILES string of the molecule is CNC(=O)Cc1c(C(N)=O)cc(C(F)(F)F)cc1C(F)(F)F. The Labute approximate surface area is 120 Å². The van der Waals surface area contributed by atoms with Gasteiger partial charge in [-0.2, -0.15) is 26.3 Å². The maximum absolute atomic E-state index is 13.0. The third kappa shape index (κ3) is 3.89. The van der Waals surface area contributed by atoms with Gasteiger partial charge in [0.15, 0.2) is 0 Å². The number of hydrogen-bond acceptors (Lipinski definition) is 2. The van der Waals surface area contributed by atoms with Crippen LogP contribution in [0.1, 0.15) is 27.0 Å². The molecule has 4 nitrogen and oxygen atoms in total. The number of carbonyl (C=O) groups excluding carboxylic acids is 2. The van der Waals surface area contributed by atoms with Crippen LogP contribution in [-0.4, -0.2) is 18.9 Å². The Bertz CT molecular complexity index is 607. The number of rotatable bonds is 3. The molecule has 0 aliphatic carbocycles. The first-order chi connectivity index (χ1) is 9.87. The number of alkyl halides is 6. The zero-order valence-electron chi connectivity index (χ0n) is 11.0. The molecule has 1 aromatic carbocycles. The minimum atomic E-state index is -5.19. The van der Waals surface area contributed by atoms with Crippen LogP contribution in [-0.2, 0) is 23.6 Å². The van der Waals surface area contributed by atoms with Gasteiger partial charge in [-0.15, -0.1) is 0 Å². The van der Waals surface area contributed by atoms with Crippen LogP contribution in [0.3, 0.4) is 0 Å². The molecule has 22 heavy (non-hydrogen) atoms. The highest BCUT2D eigenvalue weighted by Gasteiger charge is 2.40. The van der Waals surface area contributed by atoms with Crippen molar-refractivity contribution in [3.05, 3.63) is 34.4 Å². The third-order valence-corrected chi connectivity index (χ3v) is 2.76. The van der Waals surface area contributed by atoms with E-state index in [1.54, 1.807) is 0 Å². The van der Waals surface area contributed by atoms with Crippen molar-refractivity contribution >= 4 is 11.8 Å². The van der Waals surface area contributed by atoms with E-state index in [1.165, 1.54) is 0 Å². The molecular weight excluding hydrogens is 318 g/mol. The van der Waals surface area contributed by atoms with Gasteiger partial charge in [-0.25, -0.2) is 0 Å². The molecule has 2 amide bonds. The van der Waals surface area contributed by atoms with Gasteiger partial charge in [-0.3, -0.25) is 9.59 Å². The largest absolute Gasteiger partial charge is 0.416 e. The Morgan fingerprint density at radius 3 is 2.00 bits per heavy atom. The highest BCUT2D eigenvalue weighted by molar-refractivity contribution is 5.96. The number of likely N-dealkylation sites (N-methyl/N-ethyl adjacent to an activating group) is 1. The van der Waals surface area contributed by atoms with Crippen LogP contribution >= 0.6 is 0 Å². The summed E-state index contributed by atoms with van der Waals surface area (Å²) in [5, 5.41) is 2.02. The Morgan fingerprint density at radius 2 is 1.64 bits per heavy atom. The molecule has 0 heterocycles. The van der Waals surface area contributed by atoms with Crippen LogP contribution in [0.15, 0.2) is 12.1 Å². The molecule has 0 aliphatic heterocycles. The first-order valence-electron chi connectivity index (χ1n) is 5.69. The summed E-state index contributed by atoms with van der Waals surface area (Å²) in [6, 6.07) is 0.0561. The fraction of sp³-hybridized carbons (Fsp3) is 0.333. The smallest absolute Gasteiger partial charge is 0.366 e. The molecule has 0 saturated carbocycles. The molecule has 0 saturated heterocycles. The minimum absolute atomic E-state index is 0.148. The quantitative estimate of drug-likeness (QED) is 0.834. The predicted octanol–water partition coefficient (Wildman–Crippen LogP) is 2.11. The van der Waals surface area contributed by atoms with Crippen molar-refractivity contribution < 1.29 is 35.9 Å². The predicted molar refractivity (Wildman–Crippen MR) is 62.7 cm³/mol. The van der Waals surface area contributed by atoms with Gasteiger partial charge >= 0.3 is 12.4 Å². The molecule has 1 rings (SSSR count). The minimum Gasteiger partial charge on any atom is -0.366 e. The van der Waals surface area contributed by atoms with Gasteiger partial charge in [-0.1, -0.05) is 0 Å². The molecule has 0 radical (unpaired) electrons. The number of carbonyl (C=O) groups is 2. The lowest BCUT2D eigenvalue weighted by Crippen LogP contribution is -2.26. The average Bonchev–Trinajstić information content (AvgIpc) is 2.35. The van der Waals surface area contributed by atoms with Crippen LogP contribution in [0, 0.1) is 0 Å². The van der Waals surface area contributed by atoms with Crippen molar-refractivity contribution in [2.45, 2.75) is 18.8 Å². The fourth-order valence-corrected chi connectivity index (χ4v) is 1.75. The second-order valence-electron chi connectivity index (χ2n) is 4.26. The average molecular weight is 328 g/mol. The van der Waals surface area contributed by atoms with Crippen molar-refractivity contribution in [2.75, 3.05) is 7.05 Å². The summed E-state index contributed by atoms with van der Waals surface area (Å²) in [7, 11) is 1.13. The van der Waals surface area contributed by atoms with Gasteiger partial charge < -0.3 is 11.1 Å². The molecule has 0 fully saturated rings. The lowest BCUT2D eigenvalue weighted by molar-refractivity contribution is -0.143. The van der Waals surface area contributed by atoms with Crippen molar-refractivity contribution in [3.63, 3.8) is 0 Å². The van der Waals surface area contributed by atoms with Crippen LogP contribution in [0.4, 0.5) is 26.3 Å². The van der Waals surface area contributed by atoms with Crippen LogP contribution in [0.5, 0.6) is 0 Å². The summed E-state index contributed by atoms with van der Waals surface area (Å²) in [5.74, 6) is -2.40. The first-order valence-corrected chi connectivity index (χ1v) is 5.69. The van der Waals surface area contributed by atoms with E-state index in [1.807, 2.05) is 5.32 Å². The topological polar surface area (TPSA) is 72.2 Å². The second kappa shape index (κ2) is 5.85. The highest BCUT2D eigenvalue weighted by atomic mass is 19.4. The van der Waals surface area contributed by atoms with Gasteiger partial charge in [0.2, 0.25) is 11.8 Å². The van der Waals surface area contributed by atoms with Crippen LogP contribution < -0.4 is 11.1 Å². The molecule has 0 aliphatic rings. The fourth-order valence-electron chi connectivity index (χ4n) is 1.75. The zero-order chi connectivity index (χ0) is 17.3. The molecule has 0 aromatic heterocycles. The Balaban J connectivity index is 3.70. The van der Waals surface area contributed by atoms with Gasteiger partial charge in [0.1, 0.15) is 0 Å². The van der Waals surface area contributed by atoms with E-state index < -0.39 is 52.8 Å². The summed E-state index contributed by atoms with van der Waals surface area (Å²) in [6.07, 6.45) is -11.2. The van der Waals surface area contributed by atoms with Crippen molar-refractivity contribution in [2.24, 2.45) is 5.73 Å². The number of nitrogens with two attached hydrogens (primary N) is 1. The van der Waals surface area contributed by atoms with E-state index in [0.29, 0.717) is 0 Å². The molecule has 0 unspecified atom stereocenters. The van der Waals surface area contributed by atoms with E-state index >= 15 is 0 Å². The number of amides is 2. The number of nitrogens with one attached hydrogen (secondary N) is 1. The van der Waals surface area contributed by atoms with E-state index in [9.17, 15) is 35.9 Å². The molecule has 0 spiro atoms. The van der Waals surface area contributed by atoms with Crippen molar-refractivity contribution in [1.29, 1.82) is 0 Å². The zero-order valence-corrected chi connectivity index (χ0v) is 11.0. The van der Waals surface area contributed by atoms with Gasteiger partial charge in [0.05, 0.1) is 17.5 Å². The molecular formula is C12H10F6N2O2. The van der Waals surface area contributed by atoms with E-state index in [4.69, 9.17) is 5.73 Å². The van der Waals surface area contributed by atoms with Crippen molar-refractivity contribution in [1.82, 2.24) is 5.32 Å². The Morgan fingerprint density at radius 1 is 1.09 bits per heavy atom. The summed E-state index contributed by atoms with van der Waals surface area (Å²) >= 11 is 0. The maximum atomic E-state index is 13.0. The van der Waals surface area contributed by atoms with E-state index in [-0.39, 0.29) is 12.1 Å². The molecule has 10 heteroatoms. The number of benzene rings is 1. The monoisotopic (exact) mass is 328 g/mol. The third-order valence-electron chi connectivity index (χ3n) is 2.76. The summed E-state index contributed by atoms with van der Waals surface area (Å²) < 4.78 is 76.9. The first kappa shape index (κ1) is 17.8.